The van der Waals surface area contributed by atoms with E-state index in [9.17, 15) is 9.59 Å². The molecule has 24 heavy (non-hydrogen) atoms. The van der Waals surface area contributed by atoms with Gasteiger partial charge in [0.15, 0.2) is 0 Å². The first-order valence-corrected chi connectivity index (χ1v) is 8.89. The van der Waals surface area contributed by atoms with Gasteiger partial charge in [-0.15, -0.1) is 11.3 Å². The lowest BCUT2D eigenvalue weighted by Crippen LogP contribution is -2.44. The van der Waals surface area contributed by atoms with E-state index in [-0.39, 0.29) is 11.9 Å². The van der Waals surface area contributed by atoms with Gasteiger partial charge in [0.1, 0.15) is 5.60 Å². The first kappa shape index (κ1) is 15.1. The maximum atomic E-state index is 12.3. The zero-order chi connectivity index (χ0) is 16.6. The van der Waals surface area contributed by atoms with Crippen molar-refractivity contribution < 1.29 is 14.3 Å². The highest BCUT2D eigenvalue weighted by Crippen LogP contribution is 2.43. The van der Waals surface area contributed by atoms with Crippen LogP contribution in [-0.4, -0.2) is 29.9 Å². The van der Waals surface area contributed by atoms with E-state index >= 15 is 0 Å². The van der Waals surface area contributed by atoms with Crippen molar-refractivity contribution in [2.75, 3.05) is 13.1 Å². The summed E-state index contributed by atoms with van der Waals surface area (Å²) in [6, 6.07) is 11.5. The highest BCUT2D eigenvalue weighted by Gasteiger charge is 2.47. The number of thiophene rings is 1. The minimum absolute atomic E-state index is 0.0101. The maximum Gasteiger partial charge on any atom is 0.339 e. The van der Waals surface area contributed by atoms with Crippen LogP contribution in [0.3, 0.4) is 0 Å². The summed E-state index contributed by atoms with van der Waals surface area (Å²) in [6.45, 7) is 1.18. The SMILES string of the molecule is O=C1OC2(CCN(C(=O)/C=C/c3cccs3)CC2)c2ccccc21. The Balaban J connectivity index is 1.46. The van der Waals surface area contributed by atoms with E-state index in [2.05, 4.69) is 0 Å². The highest BCUT2D eigenvalue weighted by molar-refractivity contribution is 7.10. The number of carbonyl (C=O) groups excluding carboxylic acids is 2. The molecule has 4 rings (SSSR count). The summed E-state index contributed by atoms with van der Waals surface area (Å²) in [5, 5.41) is 1.99. The van der Waals surface area contributed by atoms with E-state index in [1.54, 1.807) is 17.4 Å². The van der Waals surface area contributed by atoms with E-state index in [0.717, 1.165) is 10.4 Å². The number of ether oxygens (including phenoxy) is 1. The number of piperidine rings is 1. The topological polar surface area (TPSA) is 46.6 Å². The van der Waals surface area contributed by atoms with E-state index in [1.807, 2.05) is 52.8 Å². The van der Waals surface area contributed by atoms with Crippen LogP contribution in [0.4, 0.5) is 0 Å². The van der Waals surface area contributed by atoms with Gasteiger partial charge in [0.2, 0.25) is 5.91 Å². The van der Waals surface area contributed by atoms with Crippen molar-refractivity contribution >= 4 is 29.3 Å². The lowest BCUT2D eigenvalue weighted by molar-refractivity contribution is -0.130. The van der Waals surface area contributed by atoms with Gasteiger partial charge >= 0.3 is 5.97 Å². The molecule has 1 aromatic heterocycles. The Morgan fingerprint density at radius 2 is 1.96 bits per heavy atom. The minimum Gasteiger partial charge on any atom is -0.450 e. The van der Waals surface area contributed by atoms with Crippen molar-refractivity contribution in [3.05, 3.63) is 63.9 Å². The normalized spacial score (nSPS) is 18.8. The molecule has 122 valence electrons. The van der Waals surface area contributed by atoms with Gasteiger partial charge in [-0.2, -0.15) is 0 Å². The molecule has 0 saturated carbocycles. The summed E-state index contributed by atoms with van der Waals surface area (Å²) < 4.78 is 5.71. The number of carbonyl (C=O) groups is 2. The lowest BCUT2D eigenvalue weighted by Gasteiger charge is -2.38. The molecule has 5 heteroatoms. The number of benzene rings is 1. The van der Waals surface area contributed by atoms with E-state index in [1.165, 1.54) is 0 Å². The average Bonchev–Trinajstić information content (AvgIpc) is 3.22. The molecule has 1 saturated heterocycles. The molecule has 0 unspecified atom stereocenters. The summed E-state index contributed by atoms with van der Waals surface area (Å²) in [7, 11) is 0. The summed E-state index contributed by atoms with van der Waals surface area (Å²) in [5.41, 5.74) is 1.08. The van der Waals surface area contributed by atoms with Gasteiger partial charge in [0.25, 0.3) is 0 Å². The maximum absolute atomic E-state index is 12.3. The molecule has 0 bridgehead atoms. The van der Waals surface area contributed by atoms with Crippen LogP contribution in [0, 0.1) is 0 Å². The van der Waals surface area contributed by atoms with E-state index in [4.69, 9.17) is 4.74 Å². The van der Waals surface area contributed by atoms with Gasteiger partial charge in [-0.3, -0.25) is 4.79 Å². The van der Waals surface area contributed by atoms with Crippen LogP contribution >= 0.6 is 11.3 Å². The quantitative estimate of drug-likeness (QED) is 0.622. The standard InChI is InChI=1S/C19H17NO3S/c21-17(8-7-14-4-3-13-24-14)20-11-9-19(10-12-20)16-6-2-1-5-15(16)18(22)23-19/h1-8,13H,9-12H2/b8-7+. The summed E-state index contributed by atoms with van der Waals surface area (Å²) in [4.78, 5) is 27.3. The van der Waals surface area contributed by atoms with Gasteiger partial charge in [-0.25, -0.2) is 4.79 Å². The highest BCUT2D eigenvalue weighted by atomic mass is 32.1. The Morgan fingerprint density at radius 3 is 2.71 bits per heavy atom. The van der Waals surface area contributed by atoms with E-state index in [0.29, 0.717) is 31.5 Å². The fourth-order valence-electron chi connectivity index (χ4n) is 3.45. The zero-order valence-electron chi connectivity index (χ0n) is 13.1. The van der Waals surface area contributed by atoms with Crippen LogP contribution in [0.2, 0.25) is 0 Å². The van der Waals surface area contributed by atoms with Crippen molar-refractivity contribution in [1.82, 2.24) is 4.90 Å². The predicted octanol–water partition coefficient (Wildman–Crippen LogP) is 3.45. The third kappa shape index (κ3) is 2.55. The van der Waals surface area contributed by atoms with Crippen LogP contribution < -0.4 is 0 Å². The molecule has 0 radical (unpaired) electrons. The summed E-state index contributed by atoms with van der Waals surface area (Å²) in [6.07, 6.45) is 4.77. The molecule has 1 aromatic carbocycles. The molecule has 2 aliphatic rings. The Kier molecular flexibility index (Phi) is 3.73. The number of nitrogens with zero attached hydrogens (tertiary/aromatic N) is 1. The number of rotatable bonds is 2. The van der Waals surface area contributed by atoms with Crippen LogP contribution in [0.25, 0.3) is 6.08 Å². The number of hydrogen-bond donors (Lipinski definition) is 0. The number of likely N-dealkylation sites (tertiary alicyclic amines) is 1. The molecule has 1 spiro atoms. The van der Waals surface area contributed by atoms with Crippen molar-refractivity contribution in [3.63, 3.8) is 0 Å². The number of fused-ring (bicyclic) bond motifs is 2. The molecule has 3 heterocycles. The second-order valence-electron chi connectivity index (χ2n) is 6.10. The minimum atomic E-state index is -0.554. The van der Waals surface area contributed by atoms with Crippen LogP contribution in [0.5, 0.6) is 0 Å². The Hall–Kier alpha value is -2.40. The Morgan fingerprint density at radius 1 is 1.17 bits per heavy atom. The Bertz CT molecular complexity index is 802. The van der Waals surface area contributed by atoms with Gasteiger partial charge in [0, 0.05) is 42.4 Å². The lowest BCUT2D eigenvalue weighted by atomic mass is 9.84. The first-order valence-electron chi connectivity index (χ1n) is 8.01. The van der Waals surface area contributed by atoms with Gasteiger partial charge in [0.05, 0.1) is 5.56 Å². The molecule has 1 amide bonds. The average molecular weight is 339 g/mol. The van der Waals surface area contributed by atoms with Crippen LogP contribution in [0.15, 0.2) is 47.9 Å². The molecule has 4 nitrogen and oxygen atoms in total. The van der Waals surface area contributed by atoms with Gasteiger partial charge in [-0.05, 0) is 23.6 Å². The first-order chi connectivity index (χ1) is 11.7. The molecule has 2 aliphatic heterocycles. The number of esters is 1. The number of hydrogen-bond acceptors (Lipinski definition) is 4. The van der Waals surface area contributed by atoms with E-state index < -0.39 is 5.60 Å². The number of amides is 1. The van der Waals surface area contributed by atoms with Crippen LogP contribution in [0.1, 0.15) is 33.6 Å². The summed E-state index contributed by atoms with van der Waals surface area (Å²) in [5.74, 6) is -0.237. The molecule has 0 aliphatic carbocycles. The third-order valence-electron chi connectivity index (χ3n) is 4.74. The molecular formula is C19H17NO3S. The molecular weight excluding hydrogens is 322 g/mol. The van der Waals surface area contributed by atoms with Crippen molar-refractivity contribution in [1.29, 1.82) is 0 Å². The smallest absolute Gasteiger partial charge is 0.339 e. The van der Waals surface area contributed by atoms with Gasteiger partial charge in [-0.1, -0.05) is 24.3 Å². The summed E-state index contributed by atoms with van der Waals surface area (Å²) >= 11 is 1.60. The molecule has 0 atom stereocenters. The monoisotopic (exact) mass is 339 g/mol. The fraction of sp³-hybridized carbons (Fsp3) is 0.263. The van der Waals surface area contributed by atoms with Crippen LogP contribution in [-0.2, 0) is 15.1 Å². The predicted molar refractivity (Wildman–Crippen MR) is 92.7 cm³/mol. The van der Waals surface area contributed by atoms with Crippen molar-refractivity contribution in [2.24, 2.45) is 0 Å². The Labute approximate surface area is 144 Å². The fourth-order valence-corrected chi connectivity index (χ4v) is 4.07. The van der Waals surface area contributed by atoms with Crippen molar-refractivity contribution in [2.45, 2.75) is 18.4 Å². The molecule has 0 N–H and O–H groups in total. The second kappa shape index (κ2) is 5.91. The molecule has 2 aromatic rings. The zero-order valence-corrected chi connectivity index (χ0v) is 13.9. The third-order valence-corrected chi connectivity index (χ3v) is 5.58. The van der Waals surface area contributed by atoms with Crippen molar-refractivity contribution in [3.8, 4) is 0 Å². The molecule has 1 fully saturated rings. The second-order valence-corrected chi connectivity index (χ2v) is 7.08. The largest absolute Gasteiger partial charge is 0.450 e. The van der Waals surface area contributed by atoms with Gasteiger partial charge < -0.3 is 9.64 Å².